The molecular formula is C54H42N2. The van der Waals surface area contributed by atoms with Crippen molar-refractivity contribution in [3.05, 3.63) is 204 Å². The van der Waals surface area contributed by atoms with Gasteiger partial charge in [0, 0.05) is 44.2 Å². The molecule has 268 valence electrons. The average Bonchev–Trinajstić information content (AvgIpc) is 3.79. The van der Waals surface area contributed by atoms with E-state index in [0.717, 1.165) is 17.1 Å². The fourth-order valence-corrected chi connectivity index (χ4v) is 10.0. The van der Waals surface area contributed by atoms with Crippen LogP contribution in [0.5, 0.6) is 0 Å². The lowest BCUT2D eigenvalue weighted by Gasteiger charge is -2.28. The Bertz CT molecular complexity index is 3010. The number of nitrogens with zero attached hydrogens (tertiary/aromatic N) is 2. The van der Waals surface area contributed by atoms with Crippen LogP contribution in [0.25, 0.3) is 60.9 Å². The zero-order valence-corrected chi connectivity index (χ0v) is 32.2. The molecule has 0 spiro atoms. The first-order chi connectivity index (χ1) is 27.3. The molecule has 1 heterocycles. The highest BCUT2D eigenvalue weighted by Gasteiger charge is 2.41. The number of para-hydroxylation sites is 1. The Morgan fingerprint density at radius 1 is 0.411 bits per heavy atom. The Morgan fingerprint density at radius 3 is 1.82 bits per heavy atom. The molecule has 9 aromatic rings. The molecule has 2 aliphatic rings. The van der Waals surface area contributed by atoms with Crippen molar-refractivity contribution in [1.82, 2.24) is 4.57 Å². The van der Waals surface area contributed by atoms with E-state index in [1.807, 2.05) is 0 Å². The summed E-state index contributed by atoms with van der Waals surface area (Å²) in [6.45, 7) is 9.49. The van der Waals surface area contributed by atoms with Crippen LogP contribution in [0.3, 0.4) is 0 Å². The summed E-state index contributed by atoms with van der Waals surface area (Å²) < 4.78 is 2.53. The maximum absolute atomic E-state index is 2.53. The lowest BCUT2D eigenvalue weighted by molar-refractivity contribution is 0.660. The van der Waals surface area contributed by atoms with E-state index in [0.29, 0.717) is 0 Å². The zero-order valence-electron chi connectivity index (χ0n) is 32.2. The van der Waals surface area contributed by atoms with Crippen LogP contribution in [-0.4, -0.2) is 4.57 Å². The van der Waals surface area contributed by atoms with E-state index in [1.54, 1.807) is 0 Å². The molecule has 8 aromatic carbocycles. The number of benzene rings is 8. The van der Waals surface area contributed by atoms with Gasteiger partial charge in [-0.25, -0.2) is 0 Å². The summed E-state index contributed by atoms with van der Waals surface area (Å²) in [6, 6.07) is 67.3. The molecule has 1 aromatic heterocycles. The number of anilines is 3. The fraction of sp³-hybridized carbons (Fsp3) is 0.111. The summed E-state index contributed by atoms with van der Waals surface area (Å²) in [4.78, 5) is 2.39. The maximum atomic E-state index is 2.53. The van der Waals surface area contributed by atoms with Gasteiger partial charge < -0.3 is 9.47 Å². The summed E-state index contributed by atoms with van der Waals surface area (Å²) >= 11 is 0. The first kappa shape index (κ1) is 32.8. The molecule has 0 bridgehead atoms. The normalized spacial score (nSPS) is 14.4. The van der Waals surface area contributed by atoms with Gasteiger partial charge in [0.25, 0.3) is 0 Å². The van der Waals surface area contributed by atoms with Gasteiger partial charge in [-0.3, -0.25) is 0 Å². The second-order valence-corrected chi connectivity index (χ2v) is 16.6. The molecule has 11 rings (SSSR count). The molecule has 0 unspecified atom stereocenters. The number of hydrogen-bond acceptors (Lipinski definition) is 1. The quantitative estimate of drug-likeness (QED) is 0.172. The lowest BCUT2D eigenvalue weighted by atomic mass is 9.81. The topological polar surface area (TPSA) is 8.17 Å². The minimum atomic E-state index is -0.148. The minimum Gasteiger partial charge on any atom is -0.310 e. The summed E-state index contributed by atoms with van der Waals surface area (Å²) in [5.74, 6) is 0. The van der Waals surface area contributed by atoms with Crippen LogP contribution in [0.2, 0.25) is 0 Å². The van der Waals surface area contributed by atoms with E-state index in [1.165, 1.54) is 83.1 Å². The molecule has 2 aliphatic carbocycles. The van der Waals surface area contributed by atoms with Crippen molar-refractivity contribution in [1.29, 1.82) is 0 Å². The van der Waals surface area contributed by atoms with Crippen LogP contribution in [0.1, 0.15) is 49.9 Å². The van der Waals surface area contributed by atoms with E-state index in [2.05, 4.69) is 219 Å². The first-order valence-electron chi connectivity index (χ1n) is 19.8. The molecule has 0 radical (unpaired) electrons. The van der Waals surface area contributed by atoms with Gasteiger partial charge >= 0.3 is 0 Å². The van der Waals surface area contributed by atoms with Crippen molar-refractivity contribution in [2.24, 2.45) is 0 Å². The summed E-state index contributed by atoms with van der Waals surface area (Å²) in [7, 11) is 0. The zero-order chi connectivity index (χ0) is 37.8. The largest absolute Gasteiger partial charge is 0.310 e. The van der Waals surface area contributed by atoms with E-state index < -0.39 is 0 Å². The number of aromatic nitrogens is 1. The van der Waals surface area contributed by atoms with Gasteiger partial charge in [-0.05, 0) is 104 Å². The van der Waals surface area contributed by atoms with Crippen LogP contribution in [0.15, 0.2) is 182 Å². The van der Waals surface area contributed by atoms with Crippen LogP contribution >= 0.6 is 0 Å². The Labute approximate surface area is 328 Å². The van der Waals surface area contributed by atoms with Crippen LogP contribution < -0.4 is 4.90 Å². The molecule has 2 nitrogen and oxygen atoms in total. The molecule has 2 heteroatoms. The lowest BCUT2D eigenvalue weighted by Crippen LogP contribution is -2.16. The monoisotopic (exact) mass is 718 g/mol. The van der Waals surface area contributed by atoms with Crippen molar-refractivity contribution < 1.29 is 0 Å². The first-order valence-corrected chi connectivity index (χ1v) is 19.8. The van der Waals surface area contributed by atoms with Gasteiger partial charge in [0.05, 0.1) is 16.9 Å². The molecule has 0 saturated carbocycles. The SMILES string of the molecule is CC1(C)c2ccccc2-c2ccc(N(c3ccccc3)c3ccc(-c4ccc5c(c4)c4c(n5-c5cccc6ccccc56)-c5ccccc5C4(C)C)cc3)cc21. The van der Waals surface area contributed by atoms with Crippen LogP contribution in [0, 0.1) is 0 Å². The highest BCUT2D eigenvalue weighted by molar-refractivity contribution is 6.03. The standard InChI is InChI=1S/C54H42N2/c1-53(2)46-22-12-10-20-42(46)43-31-30-40(34-48(43)53)55(38-17-6-5-7-18-38)39-28-25-35(26-29-39)37-27-32-50-45(33-37)51-52(44-21-11-13-23-47(44)54(51,3)4)56(50)49-24-14-16-36-15-8-9-19-41(36)49/h5-34H,1-4H3. The summed E-state index contributed by atoms with van der Waals surface area (Å²) in [5.41, 5.74) is 19.0. The second-order valence-electron chi connectivity index (χ2n) is 16.6. The minimum absolute atomic E-state index is 0.0739. The highest BCUT2D eigenvalue weighted by Crippen LogP contribution is 2.55. The second kappa shape index (κ2) is 11.9. The number of rotatable bonds is 5. The molecule has 0 atom stereocenters. The third-order valence-corrected chi connectivity index (χ3v) is 12.8. The van der Waals surface area contributed by atoms with E-state index in [-0.39, 0.29) is 10.8 Å². The van der Waals surface area contributed by atoms with Crippen molar-refractivity contribution in [3.63, 3.8) is 0 Å². The van der Waals surface area contributed by atoms with Gasteiger partial charge in [0.1, 0.15) is 0 Å². The van der Waals surface area contributed by atoms with Crippen molar-refractivity contribution >= 4 is 38.7 Å². The van der Waals surface area contributed by atoms with Gasteiger partial charge in [-0.15, -0.1) is 0 Å². The molecule has 0 amide bonds. The number of hydrogen-bond donors (Lipinski definition) is 0. The maximum Gasteiger partial charge on any atom is 0.0585 e. The smallest absolute Gasteiger partial charge is 0.0585 e. The summed E-state index contributed by atoms with van der Waals surface area (Å²) in [6.07, 6.45) is 0. The van der Waals surface area contributed by atoms with Crippen LogP contribution in [0.4, 0.5) is 17.1 Å². The van der Waals surface area contributed by atoms with Crippen molar-refractivity contribution in [2.75, 3.05) is 4.90 Å². The van der Waals surface area contributed by atoms with Crippen LogP contribution in [-0.2, 0) is 10.8 Å². The molecule has 0 aliphatic heterocycles. The Morgan fingerprint density at radius 2 is 1.02 bits per heavy atom. The highest BCUT2D eigenvalue weighted by atomic mass is 15.1. The Kier molecular flexibility index (Phi) is 6.98. The molecular weight excluding hydrogens is 677 g/mol. The van der Waals surface area contributed by atoms with Gasteiger partial charge in [-0.2, -0.15) is 0 Å². The molecule has 0 fully saturated rings. The van der Waals surface area contributed by atoms with Gasteiger partial charge in [0.2, 0.25) is 0 Å². The molecule has 0 N–H and O–H groups in total. The molecule has 56 heavy (non-hydrogen) atoms. The Balaban J connectivity index is 1.05. The van der Waals surface area contributed by atoms with E-state index in [9.17, 15) is 0 Å². The van der Waals surface area contributed by atoms with E-state index in [4.69, 9.17) is 0 Å². The summed E-state index contributed by atoms with van der Waals surface area (Å²) in [5, 5.41) is 3.82. The van der Waals surface area contributed by atoms with Crippen molar-refractivity contribution in [3.8, 4) is 39.2 Å². The van der Waals surface area contributed by atoms with Gasteiger partial charge in [-0.1, -0.05) is 155 Å². The van der Waals surface area contributed by atoms with E-state index >= 15 is 0 Å². The molecule has 0 saturated heterocycles. The number of fused-ring (bicyclic) bond motifs is 9. The van der Waals surface area contributed by atoms with Gasteiger partial charge in [0.15, 0.2) is 0 Å². The predicted octanol–water partition coefficient (Wildman–Crippen LogP) is 14.5. The van der Waals surface area contributed by atoms with Crippen molar-refractivity contribution in [2.45, 2.75) is 38.5 Å². The third kappa shape index (κ3) is 4.62. The third-order valence-electron chi connectivity index (χ3n) is 12.8. The fourth-order valence-electron chi connectivity index (χ4n) is 10.0. The Hall–Kier alpha value is -6.64. The average molecular weight is 719 g/mol. The predicted molar refractivity (Wildman–Crippen MR) is 236 cm³/mol.